The van der Waals surface area contributed by atoms with Crippen LogP contribution in [-0.2, 0) is 23.9 Å². The first-order valence-corrected chi connectivity index (χ1v) is 14.9. The molecule has 2 saturated carbocycles. The predicted molar refractivity (Wildman–Crippen MR) is 149 cm³/mol. The monoisotopic (exact) mass is 539 g/mol. The van der Waals surface area contributed by atoms with Crippen LogP contribution in [0.1, 0.15) is 113 Å². The quantitative estimate of drug-likeness (QED) is 0.334. The molecular formula is C33H49NO5. The van der Waals surface area contributed by atoms with Crippen molar-refractivity contribution in [2.24, 2.45) is 44.3 Å². The van der Waals surface area contributed by atoms with Crippen LogP contribution in [0.4, 0.5) is 0 Å². The molecule has 0 aromatic heterocycles. The van der Waals surface area contributed by atoms with Crippen molar-refractivity contribution in [1.82, 2.24) is 0 Å². The summed E-state index contributed by atoms with van der Waals surface area (Å²) in [5, 5.41) is 9.94. The molecule has 7 atom stereocenters. The van der Waals surface area contributed by atoms with Gasteiger partial charge in [0.1, 0.15) is 12.2 Å². The molecule has 0 spiro atoms. The van der Waals surface area contributed by atoms with Crippen molar-refractivity contribution in [3.8, 4) is 6.07 Å². The molecule has 216 valence electrons. The van der Waals surface area contributed by atoms with Crippen molar-refractivity contribution in [3.05, 3.63) is 11.6 Å². The SMILES string of the molecule is COC(=O)[C@@]1(C)CCC(C)(C)CCC2OC(=O)C[C@@H]3[C@@]4(C)C=C(C#N)C(=O)C(C)(C)[C@@H]4CC[C@@]3(C)[C@]2(C)CC1. The largest absolute Gasteiger partial charge is 0.469 e. The predicted octanol–water partition coefficient (Wildman–Crippen LogP) is 6.97. The summed E-state index contributed by atoms with van der Waals surface area (Å²) in [5.41, 5.74) is -2.30. The van der Waals surface area contributed by atoms with Gasteiger partial charge >= 0.3 is 11.9 Å². The van der Waals surface area contributed by atoms with Crippen LogP contribution in [0.3, 0.4) is 0 Å². The lowest BCUT2D eigenvalue weighted by Gasteiger charge is -2.64. The molecule has 6 nitrogen and oxygen atoms in total. The van der Waals surface area contributed by atoms with E-state index in [1.165, 1.54) is 7.11 Å². The number of fused-ring (bicyclic) bond motifs is 5. The molecule has 4 aliphatic rings. The van der Waals surface area contributed by atoms with E-state index in [1.807, 2.05) is 26.8 Å². The Bertz CT molecular complexity index is 1130. The molecule has 0 bridgehead atoms. The minimum Gasteiger partial charge on any atom is -0.469 e. The van der Waals surface area contributed by atoms with E-state index in [0.717, 1.165) is 44.9 Å². The fourth-order valence-corrected chi connectivity index (χ4v) is 9.36. The Morgan fingerprint density at radius 2 is 1.54 bits per heavy atom. The van der Waals surface area contributed by atoms with Gasteiger partial charge in [-0.15, -0.1) is 0 Å². The fourth-order valence-electron chi connectivity index (χ4n) is 9.36. The molecule has 6 heteroatoms. The van der Waals surface area contributed by atoms with Crippen molar-refractivity contribution in [3.63, 3.8) is 0 Å². The molecule has 0 aromatic rings. The summed E-state index contributed by atoms with van der Waals surface area (Å²) in [5.74, 6) is -0.516. The van der Waals surface area contributed by atoms with Crippen LogP contribution in [0.25, 0.3) is 0 Å². The summed E-state index contributed by atoms with van der Waals surface area (Å²) in [6, 6.07) is 2.18. The van der Waals surface area contributed by atoms with Crippen molar-refractivity contribution in [1.29, 1.82) is 5.26 Å². The zero-order chi connectivity index (χ0) is 29.2. The summed E-state index contributed by atoms with van der Waals surface area (Å²) in [6.07, 6.45) is 8.37. The zero-order valence-electron chi connectivity index (χ0n) is 25.7. The second kappa shape index (κ2) is 9.45. The average molecular weight is 540 g/mol. The van der Waals surface area contributed by atoms with E-state index in [9.17, 15) is 19.6 Å². The number of nitrogens with zero attached hydrogens (tertiary/aromatic N) is 1. The maximum atomic E-state index is 13.6. The lowest BCUT2D eigenvalue weighted by atomic mass is 9.38. The van der Waals surface area contributed by atoms with Gasteiger partial charge in [0.05, 0.1) is 18.1 Å². The number of hydrogen-bond acceptors (Lipinski definition) is 6. The van der Waals surface area contributed by atoms with E-state index in [-0.39, 0.29) is 58.5 Å². The number of rotatable bonds is 1. The van der Waals surface area contributed by atoms with Gasteiger partial charge < -0.3 is 9.47 Å². The summed E-state index contributed by atoms with van der Waals surface area (Å²) >= 11 is 0. The number of carbonyl (C=O) groups is 3. The molecule has 0 aromatic carbocycles. The van der Waals surface area contributed by atoms with Crippen molar-refractivity contribution in [2.75, 3.05) is 7.11 Å². The van der Waals surface area contributed by atoms with Gasteiger partial charge in [0.2, 0.25) is 0 Å². The van der Waals surface area contributed by atoms with E-state index in [2.05, 4.69) is 40.7 Å². The molecule has 4 rings (SSSR count). The second-order valence-corrected chi connectivity index (χ2v) is 15.5. The third-order valence-electron chi connectivity index (χ3n) is 12.5. The lowest BCUT2D eigenvalue weighted by molar-refractivity contribution is -0.174. The number of esters is 2. The number of ketones is 1. The smallest absolute Gasteiger partial charge is 0.311 e. The first-order valence-electron chi connectivity index (χ1n) is 14.9. The van der Waals surface area contributed by atoms with Crippen LogP contribution in [0.5, 0.6) is 0 Å². The maximum absolute atomic E-state index is 13.6. The first kappa shape index (κ1) is 29.8. The van der Waals surface area contributed by atoms with Gasteiger partial charge in [-0.05, 0) is 86.4 Å². The number of allylic oxidation sites excluding steroid dienone is 2. The van der Waals surface area contributed by atoms with Gasteiger partial charge in [-0.3, -0.25) is 14.4 Å². The molecule has 0 radical (unpaired) electrons. The number of carbonyl (C=O) groups excluding carboxylic acids is 3. The third-order valence-corrected chi connectivity index (χ3v) is 12.5. The normalized spacial score (nSPS) is 43.7. The third kappa shape index (κ3) is 4.47. The Balaban J connectivity index is 1.89. The van der Waals surface area contributed by atoms with Crippen LogP contribution in [-0.4, -0.2) is 30.9 Å². The van der Waals surface area contributed by atoms with Crippen LogP contribution in [0.2, 0.25) is 0 Å². The molecule has 1 heterocycles. The van der Waals surface area contributed by atoms with Crippen molar-refractivity contribution in [2.45, 2.75) is 119 Å². The Kier molecular flexibility index (Phi) is 7.23. The number of Topliss-reactive ketones (excluding diaryl/α,β-unsaturated/α-hetero) is 1. The van der Waals surface area contributed by atoms with Gasteiger partial charge in [-0.25, -0.2) is 0 Å². The van der Waals surface area contributed by atoms with Gasteiger partial charge in [0.25, 0.3) is 0 Å². The second-order valence-electron chi connectivity index (χ2n) is 15.5. The Morgan fingerprint density at radius 1 is 0.897 bits per heavy atom. The van der Waals surface area contributed by atoms with Crippen LogP contribution < -0.4 is 0 Å². The molecule has 39 heavy (non-hydrogen) atoms. The van der Waals surface area contributed by atoms with E-state index < -0.39 is 21.7 Å². The summed E-state index contributed by atoms with van der Waals surface area (Å²) in [6.45, 7) is 17.2. The molecule has 1 unspecified atom stereocenters. The van der Waals surface area contributed by atoms with Crippen LogP contribution >= 0.6 is 0 Å². The van der Waals surface area contributed by atoms with Gasteiger partial charge in [-0.2, -0.15) is 5.26 Å². The van der Waals surface area contributed by atoms with E-state index in [0.29, 0.717) is 6.42 Å². The Morgan fingerprint density at radius 3 is 2.15 bits per heavy atom. The lowest BCUT2D eigenvalue weighted by Crippen LogP contribution is -2.61. The highest BCUT2D eigenvalue weighted by molar-refractivity contribution is 6.04. The standard InChI is InChI=1S/C33H49NO5/c1-28(2)12-11-24-33(8,17-16-30(5,15-14-28)27(37)38-9)32(7)13-10-22-29(3,4)26(36)21(20-34)19-31(22,6)23(32)18-25(35)39-24/h19,22-24H,10-18H2,1-9H3/t22-,23+,24?,30-,31-,32+,33+/m0/s1. The summed E-state index contributed by atoms with van der Waals surface area (Å²) < 4.78 is 11.7. The highest BCUT2D eigenvalue weighted by atomic mass is 16.5. The van der Waals surface area contributed by atoms with Crippen LogP contribution in [0, 0.1) is 55.7 Å². The number of nitriles is 1. The number of ether oxygens (including phenoxy) is 2. The number of hydrogen-bond donors (Lipinski definition) is 0. The van der Waals surface area contributed by atoms with Gasteiger partial charge in [0.15, 0.2) is 5.78 Å². The van der Waals surface area contributed by atoms with Crippen molar-refractivity contribution < 1.29 is 23.9 Å². The van der Waals surface area contributed by atoms with E-state index >= 15 is 0 Å². The van der Waals surface area contributed by atoms with Gasteiger partial charge in [-0.1, -0.05) is 54.5 Å². The Hall–Kier alpha value is -2.16. The van der Waals surface area contributed by atoms with Crippen molar-refractivity contribution >= 4 is 17.7 Å². The highest BCUT2D eigenvalue weighted by Crippen LogP contribution is 2.70. The van der Waals surface area contributed by atoms with E-state index in [4.69, 9.17) is 9.47 Å². The topological polar surface area (TPSA) is 93.5 Å². The van der Waals surface area contributed by atoms with Crippen LogP contribution in [0.15, 0.2) is 11.6 Å². The Labute approximate surface area is 235 Å². The molecular weight excluding hydrogens is 490 g/mol. The minimum atomic E-state index is -0.684. The molecule has 1 aliphatic heterocycles. The molecule has 0 N–H and O–H groups in total. The summed E-state index contributed by atoms with van der Waals surface area (Å²) in [4.78, 5) is 40.1. The molecule has 3 fully saturated rings. The molecule has 3 aliphatic carbocycles. The molecule has 0 amide bonds. The van der Waals surface area contributed by atoms with E-state index in [1.54, 1.807) is 0 Å². The highest BCUT2D eigenvalue weighted by Gasteiger charge is 2.67. The maximum Gasteiger partial charge on any atom is 0.311 e. The average Bonchev–Trinajstić information content (AvgIpc) is 2.95. The number of methoxy groups -OCH3 is 1. The first-order chi connectivity index (χ1) is 17.9. The van der Waals surface area contributed by atoms with Gasteiger partial charge in [0, 0.05) is 17.3 Å². The molecule has 1 saturated heterocycles. The summed E-state index contributed by atoms with van der Waals surface area (Å²) in [7, 11) is 1.47. The minimum absolute atomic E-state index is 0.00558. The zero-order valence-corrected chi connectivity index (χ0v) is 25.7. The fraction of sp³-hybridized carbons (Fsp3) is 0.818.